The normalized spacial score (nSPS) is 22.5. The van der Waals surface area contributed by atoms with Crippen molar-refractivity contribution in [3.63, 3.8) is 0 Å². The van der Waals surface area contributed by atoms with Crippen LogP contribution in [0, 0.1) is 5.92 Å². The van der Waals surface area contributed by atoms with E-state index in [1.807, 2.05) is 0 Å². The number of rotatable bonds is 10. The predicted molar refractivity (Wildman–Crippen MR) is 103 cm³/mol. The molecule has 0 aromatic carbocycles. The van der Waals surface area contributed by atoms with Crippen molar-refractivity contribution in [3.05, 3.63) is 23.7 Å². The molecule has 0 amide bonds. The average Bonchev–Trinajstić information content (AvgIpc) is 3.33. The predicted octanol–water partition coefficient (Wildman–Crippen LogP) is 3.18. The lowest BCUT2D eigenvalue weighted by atomic mass is 9.96. The van der Waals surface area contributed by atoms with E-state index in [0.29, 0.717) is 6.10 Å². The van der Waals surface area contributed by atoms with Crippen LogP contribution in [0.15, 0.2) is 16.5 Å². The molecule has 2 aliphatic heterocycles. The largest absolute Gasteiger partial charge is 0.465 e. The fraction of sp³-hybridized carbons (Fsp3) is 0.810. The van der Waals surface area contributed by atoms with Gasteiger partial charge in [0.05, 0.1) is 19.3 Å². The Hall–Kier alpha value is -0.880. The Kier molecular flexibility index (Phi) is 7.99. The summed E-state index contributed by atoms with van der Waals surface area (Å²) in [4.78, 5) is 5.11. The molecule has 0 spiro atoms. The van der Waals surface area contributed by atoms with Crippen LogP contribution in [0.3, 0.4) is 0 Å². The molecule has 3 heterocycles. The second kappa shape index (κ2) is 10.5. The van der Waals surface area contributed by atoms with Crippen LogP contribution in [-0.4, -0.2) is 69.0 Å². The molecule has 148 valence electrons. The number of hydrogen-bond donors (Lipinski definition) is 0. The molecule has 2 aliphatic rings. The minimum absolute atomic E-state index is 0.400. The molecule has 3 rings (SSSR count). The molecule has 1 aromatic heterocycles. The van der Waals surface area contributed by atoms with Crippen LogP contribution in [0.1, 0.15) is 44.1 Å². The van der Waals surface area contributed by atoms with Gasteiger partial charge in [-0.15, -0.1) is 0 Å². The lowest BCUT2D eigenvalue weighted by Gasteiger charge is -2.35. The summed E-state index contributed by atoms with van der Waals surface area (Å²) in [5, 5.41) is 0. The Balaban J connectivity index is 1.51. The molecule has 0 N–H and O–H groups in total. The van der Waals surface area contributed by atoms with E-state index in [4.69, 9.17) is 13.9 Å². The first-order valence-corrected chi connectivity index (χ1v) is 10.4. The van der Waals surface area contributed by atoms with Gasteiger partial charge in [0.1, 0.15) is 11.5 Å². The van der Waals surface area contributed by atoms with E-state index in [2.05, 4.69) is 28.9 Å². The van der Waals surface area contributed by atoms with Gasteiger partial charge in [0.2, 0.25) is 0 Å². The van der Waals surface area contributed by atoms with E-state index in [0.717, 1.165) is 63.3 Å². The number of methoxy groups -OCH3 is 1. The molecule has 1 atom stereocenters. The third-order valence-corrected chi connectivity index (χ3v) is 5.77. The molecular weight excluding hydrogens is 328 g/mol. The van der Waals surface area contributed by atoms with Crippen LogP contribution in [0.2, 0.25) is 0 Å². The molecule has 0 aliphatic carbocycles. The van der Waals surface area contributed by atoms with Gasteiger partial charge in [0.25, 0.3) is 0 Å². The summed E-state index contributed by atoms with van der Waals surface area (Å²) < 4.78 is 17.1. The quantitative estimate of drug-likeness (QED) is 0.637. The summed E-state index contributed by atoms with van der Waals surface area (Å²) in [7, 11) is 1.79. The molecule has 26 heavy (non-hydrogen) atoms. The number of piperidine rings is 1. The van der Waals surface area contributed by atoms with Gasteiger partial charge in [0.15, 0.2) is 0 Å². The maximum absolute atomic E-state index is 5.97. The van der Waals surface area contributed by atoms with Gasteiger partial charge in [-0.2, -0.15) is 0 Å². The maximum atomic E-state index is 5.97. The summed E-state index contributed by atoms with van der Waals surface area (Å²) in [5.41, 5.74) is 0. The molecule has 5 nitrogen and oxygen atoms in total. The van der Waals surface area contributed by atoms with Gasteiger partial charge >= 0.3 is 0 Å². The SMILES string of the molecule is CCc1ccc(CN(CC2CCN(CCOC)CC2)C[C@H]2CCCO2)o1. The zero-order valence-electron chi connectivity index (χ0n) is 16.6. The van der Waals surface area contributed by atoms with E-state index in [1.165, 1.54) is 38.8 Å². The zero-order valence-corrected chi connectivity index (χ0v) is 16.6. The third kappa shape index (κ3) is 6.08. The Morgan fingerprint density at radius 2 is 1.96 bits per heavy atom. The summed E-state index contributed by atoms with van der Waals surface area (Å²) in [5.74, 6) is 2.96. The summed E-state index contributed by atoms with van der Waals surface area (Å²) in [6.45, 7) is 10.5. The topological polar surface area (TPSA) is 38.1 Å². The molecule has 0 unspecified atom stereocenters. The van der Waals surface area contributed by atoms with Crippen molar-refractivity contribution < 1.29 is 13.9 Å². The molecule has 2 saturated heterocycles. The fourth-order valence-corrected chi connectivity index (χ4v) is 4.18. The van der Waals surface area contributed by atoms with Gasteiger partial charge < -0.3 is 18.8 Å². The molecule has 0 saturated carbocycles. The van der Waals surface area contributed by atoms with E-state index in [-0.39, 0.29) is 0 Å². The monoisotopic (exact) mass is 364 g/mol. The minimum atomic E-state index is 0.400. The van der Waals surface area contributed by atoms with E-state index < -0.39 is 0 Å². The van der Waals surface area contributed by atoms with Crippen LogP contribution in [0.25, 0.3) is 0 Å². The lowest BCUT2D eigenvalue weighted by Crippen LogP contribution is -2.41. The summed E-state index contributed by atoms with van der Waals surface area (Å²) in [6, 6.07) is 4.27. The third-order valence-electron chi connectivity index (χ3n) is 5.77. The minimum Gasteiger partial charge on any atom is -0.465 e. The first-order valence-electron chi connectivity index (χ1n) is 10.4. The summed E-state index contributed by atoms with van der Waals surface area (Å²) >= 11 is 0. The van der Waals surface area contributed by atoms with Crippen molar-refractivity contribution in [2.24, 2.45) is 5.92 Å². The first kappa shape index (κ1) is 19.9. The lowest BCUT2D eigenvalue weighted by molar-refractivity contribution is 0.0526. The van der Waals surface area contributed by atoms with E-state index in [1.54, 1.807) is 7.11 Å². The highest BCUT2D eigenvalue weighted by Crippen LogP contribution is 2.22. The van der Waals surface area contributed by atoms with Gasteiger partial charge in [0, 0.05) is 39.8 Å². The highest BCUT2D eigenvalue weighted by atomic mass is 16.5. The Morgan fingerprint density at radius 3 is 2.62 bits per heavy atom. The molecule has 5 heteroatoms. The van der Waals surface area contributed by atoms with Gasteiger partial charge in [-0.1, -0.05) is 6.92 Å². The zero-order chi connectivity index (χ0) is 18.2. The smallest absolute Gasteiger partial charge is 0.118 e. The van der Waals surface area contributed by atoms with Crippen molar-refractivity contribution in [3.8, 4) is 0 Å². The second-order valence-corrected chi connectivity index (χ2v) is 7.83. The number of hydrogen-bond acceptors (Lipinski definition) is 5. The van der Waals surface area contributed by atoms with Crippen LogP contribution >= 0.6 is 0 Å². The highest BCUT2D eigenvalue weighted by Gasteiger charge is 2.25. The van der Waals surface area contributed by atoms with Crippen LogP contribution < -0.4 is 0 Å². The molecular formula is C21H36N2O3. The van der Waals surface area contributed by atoms with E-state index in [9.17, 15) is 0 Å². The first-order chi connectivity index (χ1) is 12.8. The average molecular weight is 365 g/mol. The van der Waals surface area contributed by atoms with Crippen molar-refractivity contribution in [1.29, 1.82) is 0 Å². The molecule has 0 bridgehead atoms. The molecule has 2 fully saturated rings. The van der Waals surface area contributed by atoms with Gasteiger partial charge in [-0.25, -0.2) is 0 Å². The van der Waals surface area contributed by atoms with Crippen molar-refractivity contribution in [2.45, 2.75) is 51.7 Å². The number of aryl methyl sites for hydroxylation is 1. The number of likely N-dealkylation sites (tertiary alicyclic amines) is 1. The van der Waals surface area contributed by atoms with Crippen molar-refractivity contribution >= 4 is 0 Å². The van der Waals surface area contributed by atoms with Crippen LogP contribution in [0.5, 0.6) is 0 Å². The van der Waals surface area contributed by atoms with Crippen LogP contribution in [-0.2, 0) is 22.4 Å². The molecule has 1 aromatic rings. The number of furan rings is 1. The Labute approximate surface area is 158 Å². The van der Waals surface area contributed by atoms with Crippen LogP contribution in [0.4, 0.5) is 0 Å². The second-order valence-electron chi connectivity index (χ2n) is 7.83. The maximum Gasteiger partial charge on any atom is 0.118 e. The molecule has 0 radical (unpaired) electrons. The standard InChI is InChI=1S/C21H36N2O3/c1-3-19-6-7-21(26-19)17-23(16-20-5-4-13-25-20)15-18-8-10-22(11-9-18)12-14-24-2/h6-7,18,20H,3-5,8-17H2,1-2H3/t20-/m1/s1. The highest BCUT2D eigenvalue weighted by molar-refractivity contribution is 5.07. The van der Waals surface area contributed by atoms with E-state index >= 15 is 0 Å². The van der Waals surface area contributed by atoms with Gasteiger partial charge in [-0.3, -0.25) is 4.90 Å². The van der Waals surface area contributed by atoms with Crippen molar-refractivity contribution in [2.75, 3.05) is 53.0 Å². The summed E-state index contributed by atoms with van der Waals surface area (Å²) in [6.07, 6.45) is 6.33. The Bertz CT molecular complexity index is 505. The number of nitrogens with zero attached hydrogens (tertiary/aromatic N) is 2. The van der Waals surface area contributed by atoms with Gasteiger partial charge in [-0.05, 0) is 56.8 Å². The number of ether oxygens (including phenoxy) is 2. The fourth-order valence-electron chi connectivity index (χ4n) is 4.18. The van der Waals surface area contributed by atoms with Crippen molar-refractivity contribution in [1.82, 2.24) is 9.80 Å². The Morgan fingerprint density at radius 1 is 1.15 bits per heavy atom.